The van der Waals surface area contributed by atoms with Gasteiger partial charge in [-0.1, -0.05) is 19.1 Å². The number of nitrogens with zero attached hydrogens (tertiary/aromatic N) is 2. The van der Waals surface area contributed by atoms with Crippen LogP contribution in [0.2, 0.25) is 0 Å². The van der Waals surface area contributed by atoms with Crippen molar-refractivity contribution in [3.8, 4) is 5.75 Å². The molecule has 1 fully saturated rings. The van der Waals surface area contributed by atoms with E-state index in [0.717, 1.165) is 35.1 Å². The second kappa shape index (κ2) is 10.3. The minimum atomic E-state index is -3.63. The number of ether oxygens (including phenoxy) is 1. The van der Waals surface area contributed by atoms with Gasteiger partial charge in [-0.15, -0.1) is 0 Å². The molecule has 1 aliphatic rings. The zero-order chi connectivity index (χ0) is 23.3. The number of amides is 1. The van der Waals surface area contributed by atoms with Crippen molar-refractivity contribution in [3.05, 3.63) is 54.1 Å². The van der Waals surface area contributed by atoms with E-state index in [1.807, 2.05) is 19.1 Å². The molecule has 3 rings (SSSR count). The summed E-state index contributed by atoms with van der Waals surface area (Å²) in [4.78, 5) is 15.1. The van der Waals surface area contributed by atoms with E-state index in [1.165, 1.54) is 25.6 Å². The number of benzene rings is 2. The van der Waals surface area contributed by atoms with Gasteiger partial charge in [0.05, 0.1) is 25.1 Å². The van der Waals surface area contributed by atoms with Crippen molar-refractivity contribution in [2.75, 3.05) is 42.2 Å². The Morgan fingerprint density at radius 2 is 1.72 bits per heavy atom. The predicted molar refractivity (Wildman–Crippen MR) is 129 cm³/mol. The topological polar surface area (TPSA) is 79.0 Å². The smallest absolute Gasteiger partial charge is 0.241 e. The van der Waals surface area contributed by atoms with Gasteiger partial charge in [-0.05, 0) is 67.6 Å². The Labute approximate surface area is 191 Å². The van der Waals surface area contributed by atoms with Gasteiger partial charge in [0.15, 0.2) is 0 Å². The lowest BCUT2D eigenvalue weighted by Crippen LogP contribution is -2.41. The predicted octanol–water partition coefficient (Wildman–Crippen LogP) is 3.57. The Morgan fingerprint density at radius 1 is 1.12 bits per heavy atom. The third-order valence-electron chi connectivity index (χ3n) is 5.97. The van der Waals surface area contributed by atoms with Crippen LogP contribution in [0.15, 0.2) is 48.5 Å². The van der Waals surface area contributed by atoms with Crippen LogP contribution in [-0.4, -0.2) is 47.3 Å². The van der Waals surface area contributed by atoms with E-state index in [4.69, 9.17) is 4.74 Å². The SMILES string of the molecule is COc1ccc(N(CC(=O)NC(C)c2ccc(N3CCC(C)CC3)cc2)S(C)(=O)=O)cc1. The number of anilines is 2. The maximum atomic E-state index is 12.7. The first-order valence-corrected chi connectivity index (χ1v) is 12.8. The number of piperidine rings is 1. The van der Waals surface area contributed by atoms with Crippen molar-refractivity contribution in [2.24, 2.45) is 5.92 Å². The molecule has 0 aliphatic carbocycles. The maximum Gasteiger partial charge on any atom is 0.241 e. The van der Waals surface area contributed by atoms with Crippen molar-refractivity contribution in [2.45, 2.75) is 32.7 Å². The Balaban J connectivity index is 1.63. The molecule has 0 bridgehead atoms. The van der Waals surface area contributed by atoms with Gasteiger partial charge in [-0.25, -0.2) is 8.42 Å². The van der Waals surface area contributed by atoms with Crippen LogP contribution in [0.5, 0.6) is 5.75 Å². The van der Waals surface area contributed by atoms with E-state index in [0.29, 0.717) is 11.4 Å². The Hall–Kier alpha value is -2.74. The van der Waals surface area contributed by atoms with E-state index in [-0.39, 0.29) is 18.5 Å². The number of carbonyl (C=O) groups is 1. The van der Waals surface area contributed by atoms with E-state index < -0.39 is 10.0 Å². The van der Waals surface area contributed by atoms with Crippen molar-refractivity contribution in [1.82, 2.24) is 5.32 Å². The quantitative estimate of drug-likeness (QED) is 0.653. The number of sulfonamides is 1. The molecule has 1 amide bonds. The molecule has 0 saturated carbocycles. The molecule has 1 N–H and O–H groups in total. The summed E-state index contributed by atoms with van der Waals surface area (Å²) in [6.07, 6.45) is 3.51. The zero-order valence-corrected chi connectivity index (χ0v) is 20.1. The molecule has 1 saturated heterocycles. The van der Waals surface area contributed by atoms with Crippen LogP contribution >= 0.6 is 0 Å². The maximum absolute atomic E-state index is 12.7. The van der Waals surface area contributed by atoms with Gasteiger partial charge in [0.2, 0.25) is 15.9 Å². The van der Waals surface area contributed by atoms with Gasteiger partial charge >= 0.3 is 0 Å². The molecule has 2 aromatic carbocycles. The van der Waals surface area contributed by atoms with Crippen LogP contribution < -0.4 is 19.3 Å². The summed E-state index contributed by atoms with van der Waals surface area (Å²) in [5.74, 6) is 1.03. The first kappa shape index (κ1) is 23.9. The first-order valence-electron chi connectivity index (χ1n) is 10.9. The monoisotopic (exact) mass is 459 g/mol. The fourth-order valence-corrected chi connectivity index (χ4v) is 4.75. The van der Waals surface area contributed by atoms with Gasteiger partial charge in [-0.2, -0.15) is 0 Å². The van der Waals surface area contributed by atoms with Gasteiger partial charge in [0.1, 0.15) is 12.3 Å². The third kappa shape index (κ3) is 6.16. The molecule has 0 aromatic heterocycles. The standard InChI is InChI=1S/C24H33N3O4S/c1-18-13-15-26(16-14-18)21-7-5-20(6-8-21)19(2)25-24(28)17-27(32(4,29)30)22-9-11-23(31-3)12-10-22/h5-12,18-19H,13-17H2,1-4H3,(H,25,28). The average Bonchev–Trinajstić information content (AvgIpc) is 2.77. The van der Waals surface area contributed by atoms with Crippen LogP contribution in [0, 0.1) is 5.92 Å². The highest BCUT2D eigenvalue weighted by molar-refractivity contribution is 7.92. The van der Waals surface area contributed by atoms with E-state index in [2.05, 4.69) is 29.3 Å². The molecule has 1 unspecified atom stereocenters. The molecule has 8 heteroatoms. The minimum absolute atomic E-state index is 0.241. The van der Waals surface area contributed by atoms with Crippen LogP contribution in [0.4, 0.5) is 11.4 Å². The number of hydrogen-bond acceptors (Lipinski definition) is 5. The van der Waals surface area contributed by atoms with E-state index in [9.17, 15) is 13.2 Å². The molecule has 174 valence electrons. The second-order valence-corrected chi connectivity index (χ2v) is 10.4. The number of nitrogens with one attached hydrogen (secondary N) is 1. The number of rotatable bonds is 8. The molecule has 1 aliphatic heterocycles. The normalized spacial score (nSPS) is 15.8. The van der Waals surface area contributed by atoms with Crippen LogP contribution in [0.1, 0.15) is 38.3 Å². The third-order valence-corrected chi connectivity index (χ3v) is 7.11. The largest absolute Gasteiger partial charge is 0.497 e. The van der Waals surface area contributed by atoms with Gasteiger partial charge in [-0.3, -0.25) is 9.10 Å². The Morgan fingerprint density at radius 3 is 2.25 bits per heavy atom. The number of carbonyl (C=O) groups excluding carboxylic acids is 1. The molecule has 32 heavy (non-hydrogen) atoms. The lowest BCUT2D eigenvalue weighted by atomic mass is 9.98. The van der Waals surface area contributed by atoms with E-state index in [1.54, 1.807) is 24.3 Å². The summed E-state index contributed by atoms with van der Waals surface area (Å²) in [7, 11) is -2.09. The number of methoxy groups -OCH3 is 1. The summed E-state index contributed by atoms with van der Waals surface area (Å²) < 4.78 is 30.8. The summed E-state index contributed by atoms with van der Waals surface area (Å²) >= 11 is 0. The molecule has 1 heterocycles. The lowest BCUT2D eigenvalue weighted by molar-refractivity contribution is -0.120. The van der Waals surface area contributed by atoms with Crippen LogP contribution in [0.3, 0.4) is 0 Å². The molecule has 0 spiro atoms. The van der Waals surface area contributed by atoms with Gasteiger partial charge in [0, 0.05) is 18.8 Å². The highest BCUT2D eigenvalue weighted by atomic mass is 32.2. The van der Waals surface area contributed by atoms with Crippen LogP contribution in [0.25, 0.3) is 0 Å². The molecule has 0 radical (unpaired) electrons. The Bertz CT molecular complexity index is 999. The molecular formula is C24H33N3O4S. The Kier molecular flexibility index (Phi) is 7.66. The zero-order valence-electron chi connectivity index (χ0n) is 19.2. The van der Waals surface area contributed by atoms with Crippen molar-refractivity contribution in [1.29, 1.82) is 0 Å². The first-order chi connectivity index (χ1) is 15.2. The average molecular weight is 460 g/mol. The molecule has 1 atom stereocenters. The van der Waals surface area contributed by atoms with E-state index >= 15 is 0 Å². The summed E-state index contributed by atoms with van der Waals surface area (Å²) in [6.45, 7) is 6.04. The fourth-order valence-electron chi connectivity index (χ4n) is 3.89. The second-order valence-electron chi connectivity index (χ2n) is 8.52. The van der Waals surface area contributed by atoms with Crippen molar-refractivity contribution in [3.63, 3.8) is 0 Å². The highest BCUT2D eigenvalue weighted by Gasteiger charge is 2.22. The summed E-state index contributed by atoms with van der Waals surface area (Å²) in [6, 6.07) is 14.6. The fraction of sp³-hybridized carbons (Fsp3) is 0.458. The lowest BCUT2D eigenvalue weighted by Gasteiger charge is -2.32. The summed E-state index contributed by atoms with van der Waals surface area (Å²) in [5, 5.41) is 2.91. The minimum Gasteiger partial charge on any atom is -0.497 e. The molecular weight excluding hydrogens is 426 g/mol. The molecule has 7 nitrogen and oxygen atoms in total. The van der Waals surface area contributed by atoms with Crippen LogP contribution in [-0.2, 0) is 14.8 Å². The molecule has 2 aromatic rings. The highest BCUT2D eigenvalue weighted by Crippen LogP contribution is 2.25. The van der Waals surface area contributed by atoms with Crippen molar-refractivity contribution < 1.29 is 17.9 Å². The summed E-state index contributed by atoms with van der Waals surface area (Å²) in [5.41, 5.74) is 2.58. The number of hydrogen-bond donors (Lipinski definition) is 1. The van der Waals surface area contributed by atoms with Gasteiger partial charge < -0.3 is 15.0 Å². The van der Waals surface area contributed by atoms with Gasteiger partial charge in [0.25, 0.3) is 0 Å². The van der Waals surface area contributed by atoms with Crippen molar-refractivity contribution >= 4 is 27.3 Å².